The maximum Gasteiger partial charge on any atom is 0.410 e. The van der Waals surface area contributed by atoms with Crippen LogP contribution in [0.25, 0.3) is 0 Å². The number of aromatic nitrogens is 2. The molecule has 1 atom stereocenters. The Morgan fingerprint density at radius 2 is 2.08 bits per heavy atom. The van der Waals surface area contributed by atoms with Gasteiger partial charge in [0.25, 0.3) is 0 Å². The first kappa shape index (κ1) is 17.7. The van der Waals surface area contributed by atoms with Crippen molar-refractivity contribution in [2.24, 2.45) is 0 Å². The number of imidazole rings is 1. The number of carbonyl (C=O) groups is 2. The molecule has 1 unspecified atom stereocenters. The van der Waals surface area contributed by atoms with Gasteiger partial charge in [0.05, 0.1) is 13.7 Å². The van der Waals surface area contributed by atoms with E-state index in [9.17, 15) is 9.59 Å². The molecule has 0 saturated carbocycles. The Morgan fingerprint density at radius 3 is 2.84 bits per heavy atom. The van der Waals surface area contributed by atoms with E-state index in [1.807, 2.05) is 11.1 Å². The van der Waals surface area contributed by atoms with Gasteiger partial charge in [-0.2, -0.15) is 0 Å². The van der Waals surface area contributed by atoms with Gasteiger partial charge in [-0.3, -0.25) is 14.6 Å². The van der Waals surface area contributed by atoms with Gasteiger partial charge >= 0.3 is 6.09 Å². The van der Waals surface area contributed by atoms with E-state index in [1.54, 1.807) is 11.1 Å². The topological polar surface area (TPSA) is 81.8 Å². The number of hydrogen-bond donors (Lipinski definition) is 1. The van der Waals surface area contributed by atoms with Crippen molar-refractivity contribution in [2.75, 3.05) is 39.8 Å². The van der Waals surface area contributed by atoms with Crippen LogP contribution in [0.4, 0.5) is 4.79 Å². The molecule has 0 aliphatic carbocycles. The zero-order chi connectivity index (χ0) is 17.6. The number of carbonyl (C=O) groups excluding carboxylic acids is 2. The highest BCUT2D eigenvalue weighted by molar-refractivity contribution is 5.86. The van der Waals surface area contributed by atoms with Gasteiger partial charge in [0, 0.05) is 45.1 Å². The van der Waals surface area contributed by atoms with Crippen molar-refractivity contribution in [3.63, 3.8) is 0 Å². The number of nitrogens with zero attached hydrogens (tertiary/aromatic N) is 4. The number of methoxy groups -OCH3 is 1. The summed E-state index contributed by atoms with van der Waals surface area (Å²) in [5.41, 5.74) is 0. The highest BCUT2D eigenvalue weighted by atomic mass is 16.5. The van der Waals surface area contributed by atoms with Gasteiger partial charge in [-0.25, -0.2) is 9.78 Å². The molecule has 1 aromatic heterocycles. The van der Waals surface area contributed by atoms with E-state index in [2.05, 4.69) is 14.9 Å². The van der Waals surface area contributed by atoms with Crippen molar-refractivity contribution in [1.29, 1.82) is 0 Å². The molecule has 138 valence electrons. The maximum absolute atomic E-state index is 13.0. The zero-order valence-corrected chi connectivity index (χ0v) is 14.8. The third kappa shape index (κ3) is 4.31. The highest BCUT2D eigenvalue weighted by Crippen LogP contribution is 2.21. The molecule has 3 rings (SSSR count). The molecule has 1 N–H and O–H groups in total. The molecule has 2 amide bonds. The van der Waals surface area contributed by atoms with Crippen LogP contribution in [0.3, 0.4) is 0 Å². The Morgan fingerprint density at radius 1 is 1.20 bits per heavy atom. The van der Waals surface area contributed by atoms with Gasteiger partial charge < -0.3 is 14.6 Å². The number of H-pyrrole nitrogens is 1. The lowest BCUT2D eigenvalue weighted by atomic mass is 10.0. The van der Waals surface area contributed by atoms with Crippen molar-refractivity contribution in [3.8, 4) is 0 Å². The van der Waals surface area contributed by atoms with E-state index in [0.717, 1.165) is 57.7 Å². The van der Waals surface area contributed by atoms with Crippen molar-refractivity contribution >= 4 is 12.0 Å². The molecular weight excluding hydrogens is 322 g/mol. The van der Waals surface area contributed by atoms with E-state index in [0.29, 0.717) is 13.1 Å². The molecule has 3 heterocycles. The lowest BCUT2D eigenvalue weighted by Gasteiger charge is -2.36. The second-order valence-corrected chi connectivity index (χ2v) is 6.67. The molecular formula is C17H27N5O3. The molecule has 1 aromatic rings. The summed E-state index contributed by atoms with van der Waals surface area (Å²) < 4.78 is 4.86. The highest BCUT2D eigenvalue weighted by Gasteiger charge is 2.35. The number of ether oxygens (including phenoxy) is 1. The summed E-state index contributed by atoms with van der Waals surface area (Å²) in [6.45, 7) is 4.55. The van der Waals surface area contributed by atoms with E-state index < -0.39 is 6.09 Å². The van der Waals surface area contributed by atoms with E-state index in [1.165, 1.54) is 7.11 Å². The van der Waals surface area contributed by atoms with Crippen LogP contribution in [-0.2, 0) is 16.1 Å². The van der Waals surface area contributed by atoms with E-state index >= 15 is 0 Å². The summed E-state index contributed by atoms with van der Waals surface area (Å²) in [5, 5.41) is 0. The molecule has 0 radical (unpaired) electrons. The normalized spacial score (nSPS) is 22.5. The fraction of sp³-hybridized carbons (Fsp3) is 0.706. The lowest BCUT2D eigenvalue weighted by Crippen LogP contribution is -2.53. The Bertz CT molecular complexity index is 577. The number of aromatic amines is 1. The Kier molecular flexibility index (Phi) is 5.91. The van der Waals surface area contributed by atoms with Crippen LogP contribution in [0, 0.1) is 0 Å². The summed E-state index contributed by atoms with van der Waals surface area (Å²) in [4.78, 5) is 38.2. The number of piperidine rings is 1. The van der Waals surface area contributed by atoms with E-state index in [4.69, 9.17) is 4.74 Å². The largest absolute Gasteiger partial charge is 0.453 e. The predicted octanol–water partition coefficient (Wildman–Crippen LogP) is 1.06. The molecule has 2 aliphatic rings. The van der Waals surface area contributed by atoms with Crippen LogP contribution in [0.1, 0.15) is 31.5 Å². The molecule has 2 aliphatic heterocycles. The summed E-state index contributed by atoms with van der Waals surface area (Å²) in [6, 6.07) is -0.377. The summed E-state index contributed by atoms with van der Waals surface area (Å²) in [5.74, 6) is 1.01. The van der Waals surface area contributed by atoms with Gasteiger partial charge in [-0.15, -0.1) is 0 Å². The third-order valence-electron chi connectivity index (χ3n) is 5.03. The fourth-order valence-corrected chi connectivity index (χ4v) is 3.68. The van der Waals surface area contributed by atoms with Crippen LogP contribution >= 0.6 is 0 Å². The quantitative estimate of drug-likeness (QED) is 0.883. The average molecular weight is 349 g/mol. The number of nitrogens with one attached hydrogen (secondary N) is 1. The SMILES string of the molecule is COC(=O)N1CCCCC1C(=O)N1CCCN(Cc2ncc[nH]2)CC1. The molecule has 0 bridgehead atoms. The van der Waals surface area contributed by atoms with Crippen molar-refractivity contribution < 1.29 is 14.3 Å². The predicted molar refractivity (Wildman–Crippen MR) is 91.8 cm³/mol. The first-order valence-corrected chi connectivity index (χ1v) is 9.03. The van der Waals surface area contributed by atoms with Crippen LogP contribution < -0.4 is 0 Å². The lowest BCUT2D eigenvalue weighted by molar-refractivity contribution is -0.137. The Hall–Kier alpha value is -2.09. The third-order valence-corrected chi connectivity index (χ3v) is 5.03. The molecule has 8 heteroatoms. The minimum atomic E-state index is -0.396. The Balaban J connectivity index is 1.59. The van der Waals surface area contributed by atoms with Crippen LogP contribution in [0.15, 0.2) is 12.4 Å². The van der Waals surface area contributed by atoms with Crippen LogP contribution in [0.2, 0.25) is 0 Å². The van der Waals surface area contributed by atoms with Crippen molar-refractivity contribution in [3.05, 3.63) is 18.2 Å². The maximum atomic E-state index is 13.0. The summed E-state index contributed by atoms with van der Waals surface area (Å²) in [6.07, 6.45) is 6.74. The van der Waals surface area contributed by atoms with Crippen molar-refractivity contribution in [1.82, 2.24) is 24.7 Å². The number of likely N-dealkylation sites (tertiary alicyclic amines) is 1. The smallest absolute Gasteiger partial charge is 0.410 e. The van der Waals surface area contributed by atoms with Gasteiger partial charge in [0.1, 0.15) is 11.9 Å². The summed E-state index contributed by atoms with van der Waals surface area (Å²) in [7, 11) is 1.37. The molecule has 2 fully saturated rings. The second-order valence-electron chi connectivity index (χ2n) is 6.67. The monoisotopic (exact) mass is 349 g/mol. The van der Waals surface area contributed by atoms with Gasteiger partial charge in [0.15, 0.2) is 0 Å². The first-order valence-electron chi connectivity index (χ1n) is 9.03. The van der Waals surface area contributed by atoms with Gasteiger partial charge in [-0.1, -0.05) is 0 Å². The summed E-state index contributed by atoms with van der Waals surface area (Å²) >= 11 is 0. The zero-order valence-electron chi connectivity index (χ0n) is 14.8. The molecule has 2 saturated heterocycles. The minimum absolute atomic E-state index is 0.0601. The second kappa shape index (κ2) is 8.33. The number of hydrogen-bond acceptors (Lipinski definition) is 5. The van der Waals surface area contributed by atoms with Gasteiger partial charge in [-0.05, 0) is 25.7 Å². The molecule has 0 spiro atoms. The molecule has 25 heavy (non-hydrogen) atoms. The standard InChI is InChI=1S/C17H27N5O3/c1-25-17(24)22-10-3-2-5-14(22)16(23)21-9-4-8-20(11-12-21)13-15-18-6-7-19-15/h6-7,14H,2-5,8-13H2,1H3,(H,18,19). The fourth-order valence-electron chi connectivity index (χ4n) is 3.68. The number of amides is 2. The van der Waals surface area contributed by atoms with E-state index in [-0.39, 0.29) is 11.9 Å². The first-order chi connectivity index (χ1) is 12.2. The minimum Gasteiger partial charge on any atom is -0.453 e. The average Bonchev–Trinajstić information content (AvgIpc) is 3.05. The van der Waals surface area contributed by atoms with Gasteiger partial charge in [0.2, 0.25) is 5.91 Å². The molecule has 0 aromatic carbocycles. The van der Waals surface area contributed by atoms with Crippen LogP contribution in [-0.4, -0.2) is 82.5 Å². The van der Waals surface area contributed by atoms with Crippen LogP contribution in [0.5, 0.6) is 0 Å². The van der Waals surface area contributed by atoms with Crippen molar-refractivity contribution in [2.45, 2.75) is 38.3 Å². The molecule has 8 nitrogen and oxygen atoms in total. The number of rotatable bonds is 3. The Labute approximate surface area is 148 Å².